The summed E-state index contributed by atoms with van der Waals surface area (Å²) in [6, 6.07) is 23.1. The van der Waals surface area contributed by atoms with Crippen molar-refractivity contribution < 1.29 is 33.8 Å². The Kier molecular flexibility index (Phi) is 16.4. The molecule has 86 heavy (non-hydrogen) atoms. The molecule has 13 rings (SSSR count). The predicted octanol–water partition coefficient (Wildman–Crippen LogP) is 8.31. The van der Waals surface area contributed by atoms with Crippen molar-refractivity contribution in [3.63, 3.8) is 0 Å². The number of aromatic nitrogens is 7. The van der Waals surface area contributed by atoms with Gasteiger partial charge in [-0.15, -0.1) is 21.5 Å². The van der Waals surface area contributed by atoms with E-state index in [9.17, 15) is 19.8 Å². The number of rotatable bonds is 18. The SMILES string of the molecule is Cc1ncsc1-c1ccc([C@H](C)NC(=O)[C@@H]2C[C@@H](O)CN2C(=O)[C@@H](c2cc(N3CCC(n4cnc(CN5CCC(O[C@H]6C[C@H](Oc7cc(N8C9CCC8CN(c8cc(-c%10ccccc%10O)nnc8N)C9)ccn7)C6)CC5)c4)CC3)no2)C(C)C)cc1. The number of phenolic OH excluding ortho intramolecular Hbond substituents is 1. The largest absolute Gasteiger partial charge is 0.507 e. The van der Waals surface area contributed by atoms with Gasteiger partial charge in [0, 0.05) is 126 Å². The van der Waals surface area contributed by atoms with Crippen LogP contribution in [-0.4, -0.2) is 155 Å². The molecule has 2 unspecified atom stereocenters. The van der Waals surface area contributed by atoms with Crippen LogP contribution in [0.5, 0.6) is 11.6 Å². The number of amides is 2. The lowest BCUT2D eigenvalue weighted by Crippen LogP contribution is -2.54. The standard InChI is InChI=1S/C64H78N14O7S/c1-38(2)60(64(82)77-35-48(79)26-55(77)63(81)69-39(3)41-9-11-42(12-10-41)61-40(4)68-37-86-61)57-30-58(72-85-57)74-23-16-44(17-24-74)76-32-43(67-36-76)31-73-21-18-49(19-22-73)83-50-27-51(28-50)84-59-25-45(15-20-66-59)78-46-13-14-47(78)34-75(33-46)54-29-53(70-71-62(54)65)52-7-5-6-8-56(52)80/h5-12,15,20,25,29-30,32,36-39,44,46-51,55,60,79-80H,13-14,16-19,21-24,26-28,31,33-35H2,1-4H3,(H2,65,71)(H,69,81)/t39-,46?,47?,48+,50-,51-,55-,60+/m0/s1. The fourth-order valence-corrected chi connectivity index (χ4v) is 14.8. The summed E-state index contributed by atoms with van der Waals surface area (Å²) in [6.07, 6.45) is 13.6. The normalized spacial score (nSPS) is 23.7. The summed E-state index contributed by atoms with van der Waals surface area (Å²) in [4.78, 5) is 54.3. The number of piperazine rings is 1. The van der Waals surface area contributed by atoms with Crippen LogP contribution in [0.25, 0.3) is 21.7 Å². The minimum absolute atomic E-state index is 0.0737. The number of carbonyl (C=O) groups excluding carboxylic acids is 2. The number of anilines is 4. The number of hydrogen-bond donors (Lipinski definition) is 4. The molecule has 0 radical (unpaired) electrons. The van der Waals surface area contributed by atoms with Gasteiger partial charge in [-0.3, -0.25) is 14.5 Å². The summed E-state index contributed by atoms with van der Waals surface area (Å²) >= 11 is 1.60. The molecule has 21 nitrogen and oxygen atoms in total. The number of β-amino-alcohol motifs (C(OH)–C–C–N with tert-alkyl or cyclic N) is 1. The van der Waals surface area contributed by atoms with Gasteiger partial charge in [-0.25, -0.2) is 15.0 Å². The van der Waals surface area contributed by atoms with Crippen molar-refractivity contribution in [1.82, 2.24) is 50.0 Å². The number of hydrogen-bond acceptors (Lipinski definition) is 19. The molecule has 2 amide bonds. The molecule has 5 aliphatic heterocycles. The highest BCUT2D eigenvalue weighted by atomic mass is 32.1. The average molecular weight is 1190 g/mol. The number of nitrogen functional groups attached to an aromatic ring is 1. The highest BCUT2D eigenvalue weighted by Gasteiger charge is 2.45. The third-order valence-electron chi connectivity index (χ3n) is 18.7. The van der Waals surface area contributed by atoms with Gasteiger partial charge in [-0.1, -0.05) is 55.4 Å². The van der Waals surface area contributed by atoms with E-state index >= 15 is 0 Å². The molecule has 5 saturated heterocycles. The summed E-state index contributed by atoms with van der Waals surface area (Å²) in [5, 5.41) is 37.5. The molecule has 22 heteroatoms. The third-order valence-corrected chi connectivity index (χ3v) is 19.7. The fourth-order valence-electron chi connectivity index (χ4n) is 14.0. The van der Waals surface area contributed by atoms with E-state index in [1.165, 1.54) is 4.90 Å². The van der Waals surface area contributed by atoms with Crippen molar-refractivity contribution >= 4 is 46.2 Å². The van der Waals surface area contributed by atoms with Gasteiger partial charge in [0.1, 0.15) is 23.8 Å². The van der Waals surface area contributed by atoms with Crippen molar-refractivity contribution in [3.05, 3.63) is 120 Å². The van der Waals surface area contributed by atoms with Gasteiger partial charge < -0.3 is 59.4 Å². The number of aryl methyl sites for hydroxylation is 1. The van der Waals surface area contributed by atoms with Crippen LogP contribution in [0.15, 0.2) is 102 Å². The van der Waals surface area contributed by atoms with Crippen LogP contribution in [0.4, 0.5) is 23.0 Å². The smallest absolute Gasteiger partial charge is 0.243 e. The van der Waals surface area contributed by atoms with Gasteiger partial charge in [0.2, 0.25) is 17.7 Å². The number of carbonyl (C=O) groups is 2. The number of thiazole rings is 1. The third kappa shape index (κ3) is 12.1. The van der Waals surface area contributed by atoms with Crippen molar-refractivity contribution in [1.29, 1.82) is 0 Å². The highest BCUT2D eigenvalue weighted by Crippen LogP contribution is 2.41. The minimum atomic E-state index is -0.813. The summed E-state index contributed by atoms with van der Waals surface area (Å²) in [5.74, 6) is 1.01. The van der Waals surface area contributed by atoms with E-state index in [2.05, 4.69) is 73.1 Å². The van der Waals surface area contributed by atoms with Gasteiger partial charge in [-0.05, 0) is 93.7 Å². The Balaban J connectivity index is 0.534. The maximum atomic E-state index is 14.4. The number of aromatic hydroxyl groups is 1. The summed E-state index contributed by atoms with van der Waals surface area (Å²) in [5.41, 5.74) is 15.5. The van der Waals surface area contributed by atoms with E-state index in [4.69, 9.17) is 24.7 Å². The molecule has 2 aromatic carbocycles. The number of ether oxygens (including phenoxy) is 2. The van der Waals surface area contributed by atoms with Gasteiger partial charge >= 0.3 is 0 Å². The Labute approximate surface area is 505 Å². The lowest BCUT2D eigenvalue weighted by molar-refractivity contribution is -0.141. The number of pyridine rings is 1. The monoisotopic (exact) mass is 1190 g/mol. The molecule has 0 spiro atoms. The molecule has 452 valence electrons. The van der Waals surface area contributed by atoms with E-state index in [1.54, 1.807) is 23.5 Å². The first kappa shape index (κ1) is 57.4. The maximum absolute atomic E-state index is 14.4. The molecule has 5 aromatic heterocycles. The topological polar surface area (TPSA) is 243 Å². The summed E-state index contributed by atoms with van der Waals surface area (Å²) in [6.45, 7) is 13.8. The number of imidazole rings is 1. The molecule has 2 bridgehead atoms. The lowest BCUT2D eigenvalue weighted by atomic mass is 9.91. The van der Waals surface area contributed by atoms with Crippen molar-refractivity contribution in [3.8, 4) is 33.3 Å². The summed E-state index contributed by atoms with van der Waals surface area (Å²) in [7, 11) is 0. The van der Waals surface area contributed by atoms with E-state index in [-0.39, 0.29) is 60.8 Å². The van der Waals surface area contributed by atoms with Crippen molar-refractivity contribution in [2.45, 2.75) is 153 Å². The molecular weight excluding hydrogens is 1110 g/mol. The Hall–Kier alpha value is -7.66. The van der Waals surface area contributed by atoms with Crippen LogP contribution in [0.2, 0.25) is 0 Å². The van der Waals surface area contributed by atoms with Crippen molar-refractivity contribution in [2.75, 3.05) is 66.2 Å². The van der Waals surface area contributed by atoms with Crippen LogP contribution in [0.1, 0.15) is 119 Å². The van der Waals surface area contributed by atoms with E-state index in [0.29, 0.717) is 52.7 Å². The second kappa shape index (κ2) is 24.6. The van der Waals surface area contributed by atoms with E-state index < -0.39 is 18.1 Å². The minimum Gasteiger partial charge on any atom is -0.507 e. The van der Waals surface area contributed by atoms with Gasteiger partial charge in [0.05, 0.1) is 63.8 Å². The van der Waals surface area contributed by atoms with Gasteiger partial charge in [-0.2, -0.15) is 0 Å². The number of nitrogens with zero attached hydrogens (tertiary/aromatic N) is 12. The number of para-hydroxylation sites is 1. The Bertz CT molecular complexity index is 3480. The van der Waals surface area contributed by atoms with Crippen LogP contribution >= 0.6 is 11.3 Å². The molecule has 1 aliphatic carbocycles. The van der Waals surface area contributed by atoms with Crippen LogP contribution in [0, 0.1) is 12.8 Å². The zero-order valence-electron chi connectivity index (χ0n) is 49.4. The number of nitrogens with one attached hydrogen (secondary N) is 1. The molecule has 1 saturated carbocycles. The average Bonchev–Trinajstić information content (AvgIpc) is 3.68. The van der Waals surface area contributed by atoms with Crippen LogP contribution < -0.4 is 30.5 Å². The van der Waals surface area contributed by atoms with Crippen molar-refractivity contribution in [2.24, 2.45) is 5.92 Å². The summed E-state index contributed by atoms with van der Waals surface area (Å²) < 4.78 is 21.3. The first-order chi connectivity index (χ1) is 41.7. The lowest BCUT2D eigenvalue weighted by Gasteiger charge is -2.43. The Morgan fingerprint density at radius 2 is 1.59 bits per heavy atom. The fraction of sp³-hybridized carbons (Fsp3) is 0.500. The number of fused-ring (bicyclic) bond motifs is 2. The molecule has 7 aromatic rings. The van der Waals surface area contributed by atoms with Crippen LogP contribution in [0.3, 0.4) is 0 Å². The van der Waals surface area contributed by atoms with E-state index in [1.807, 2.05) is 94.3 Å². The molecule has 6 fully saturated rings. The second-order valence-corrected chi connectivity index (χ2v) is 25.7. The molecule has 10 heterocycles. The number of likely N-dealkylation sites (tertiary alicyclic amines) is 2. The highest BCUT2D eigenvalue weighted by molar-refractivity contribution is 7.13. The number of benzene rings is 2. The first-order valence-corrected chi connectivity index (χ1v) is 31.6. The number of piperidine rings is 2. The number of nitrogens with two attached hydrogens (primary N) is 1. The Morgan fingerprint density at radius 3 is 2.33 bits per heavy atom. The number of aliphatic hydroxyl groups is 1. The number of phenols is 1. The number of aliphatic hydroxyl groups excluding tert-OH is 1. The molecule has 5 N–H and O–H groups in total. The zero-order valence-corrected chi connectivity index (χ0v) is 50.2. The van der Waals surface area contributed by atoms with E-state index in [0.717, 1.165) is 136 Å². The second-order valence-electron chi connectivity index (χ2n) is 24.9. The molecule has 6 aliphatic rings. The zero-order chi connectivity index (χ0) is 59.2. The first-order valence-electron chi connectivity index (χ1n) is 30.7. The molecule has 6 atom stereocenters. The van der Waals surface area contributed by atoms with Gasteiger partial charge in [0.15, 0.2) is 17.4 Å². The van der Waals surface area contributed by atoms with Gasteiger partial charge in [0.25, 0.3) is 0 Å². The quantitative estimate of drug-likeness (QED) is 0.0631. The van der Waals surface area contributed by atoms with Crippen LogP contribution in [-0.2, 0) is 20.9 Å². The predicted molar refractivity (Wildman–Crippen MR) is 328 cm³/mol. The Morgan fingerprint density at radius 1 is 0.826 bits per heavy atom. The maximum Gasteiger partial charge on any atom is 0.243 e. The molecular formula is C64H78N14O7S.